The molecule has 2 nitrogen and oxygen atoms in total. The highest BCUT2D eigenvalue weighted by atomic mass is 16.2. The number of hydrogen-bond acceptors (Lipinski definition) is 1. The zero-order valence-electron chi connectivity index (χ0n) is 8.08. The number of carbonyl (C=O) groups excluding carboxylic acids is 1. The van der Waals surface area contributed by atoms with Gasteiger partial charge < -0.3 is 4.90 Å². The summed E-state index contributed by atoms with van der Waals surface area (Å²) in [6, 6.07) is 0.411. The maximum absolute atomic E-state index is 11.4. The van der Waals surface area contributed by atoms with Gasteiger partial charge in [-0.1, -0.05) is 13.0 Å². The van der Waals surface area contributed by atoms with Gasteiger partial charge in [0.05, 0.1) is 0 Å². The van der Waals surface area contributed by atoms with Crippen LogP contribution < -0.4 is 0 Å². The number of amides is 1. The predicted molar refractivity (Wildman–Crippen MR) is 49.8 cm³/mol. The van der Waals surface area contributed by atoms with Crippen LogP contribution in [0.15, 0.2) is 12.2 Å². The average molecular weight is 167 g/mol. The number of likely N-dealkylation sites (tertiary alicyclic amines) is 1. The van der Waals surface area contributed by atoms with Gasteiger partial charge in [0.1, 0.15) is 0 Å². The lowest BCUT2D eigenvalue weighted by atomic mass is 10.1. The van der Waals surface area contributed by atoms with Crippen molar-refractivity contribution >= 4 is 5.91 Å². The lowest BCUT2D eigenvalue weighted by molar-refractivity contribution is -0.126. The quantitative estimate of drug-likeness (QED) is 0.545. The lowest BCUT2D eigenvalue weighted by Crippen LogP contribution is -2.34. The Kier molecular flexibility index (Phi) is 2.90. The molecule has 1 rings (SSSR count). The second kappa shape index (κ2) is 3.74. The molecule has 2 heteroatoms. The molecule has 68 valence electrons. The SMILES string of the molecule is C/C=C/C(=O)N1CCC(C)C1C. The van der Waals surface area contributed by atoms with Crippen LogP contribution in [0.1, 0.15) is 27.2 Å². The molecular formula is C10H17NO. The number of hydrogen-bond donors (Lipinski definition) is 0. The van der Waals surface area contributed by atoms with Crippen molar-refractivity contribution in [1.82, 2.24) is 4.90 Å². The summed E-state index contributed by atoms with van der Waals surface area (Å²) >= 11 is 0. The Bertz CT molecular complexity index is 198. The molecule has 2 atom stereocenters. The van der Waals surface area contributed by atoms with Crippen LogP contribution in [0.25, 0.3) is 0 Å². The van der Waals surface area contributed by atoms with Crippen molar-refractivity contribution < 1.29 is 4.79 Å². The van der Waals surface area contributed by atoms with E-state index in [2.05, 4.69) is 13.8 Å². The van der Waals surface area contributed by atoms with Crippen LogP contribution in [0, 0.1) is 5.92 Å². The number of rotatable bonds is 1. The summed E-state index contributed by atoms with van der Waals surface area (Å²) in [5, 5.41) is 0. The molecule has 0 aliphatic carbocycles. The molecule has 2 unspecified atom stereocenters. The van der Waals surface area contributed by atoms with Gasteiger partial charge in [0, 0.05) is 12.6 Å². The molecule has 0 bridgehead atoms. The van der Waals surface area contributed by atoms with Crippen molar-refractivity contribution in [3.63, 3.8) is 0 Å². The third kappa shape index (κ3) is 1.68. The van der Waals surface area contributed by atoms with Crippen molar-refractivity contribution in [2.45, 2.75) is 33.2 Å². The van der Waals surface area contributed by atoms with Gasteiger partial charge in [-0.25, -0.2) is 0 Å². The summed E-state index contributed by atoms with van der Waals surface area (Å²) in [5.74, 6) is 0.813. The van der Waals surface area contributed by atoms with Crippen LogP contribution in [-0.4, -0.2) is 23.4 Å². The van der Waals surface area contributed by atoms with Gasteiger partial charge in [-0.15, -0.1) is 0 Å². The summed E-state index contributed by atoms with van der Waals surface area (Å²) in [4.78, 5) is 13.4. The van der Waals surface area contributed by atoms with E-state index in [9.17, 15) is 4.79 Å². The first-order chi connectivity index (χ1) is 5.66. The topological polar surface area (TPSA) is 20.3 Å². The van der Waals surface area contributed by atoms with E-state index in [0.717, 1.165) is 13.0 Å². The minimum absolute atomic E-state index is 0.161. The van der Waals surface area contributed by atoms with Gasteiger partial charge in [-0.05, 0) is 32.3 Å². The van der Waals surface area contributed by atoms with Crippen LogP contribution in [0.2, 0.25) is 0 Å². The first kappa shape index (κ1) is 9.30. The Labute approximate surface area is 74.2 Å². The zero-order valence-corrected chi connectivity index (χ0v) is 8.08. The molecule has 12 heavy (non-hydrogen) atoms. The highest BCUT2D eigenvalue weighted by molar-refractivity contribution is 5.87. The van der Waals surface area contributed by atoms with Gasteiger partial charge in [0.2, 0.25) is 5.91 Å². The third-order valence-electron chi connectivity index (χ3n) is 2.73. The Morgan fingerprint density at radius 3 is 2.58 bits per heavy atom. The second-order valence-electron chi connectivity index (χ2n) is 3.54. The molecule has 0 N–H and O–H groups in total. The summed E-state index contributed by atoms with van der Waals surface area (Å²) in [6.07, 6.45) is 4.59. The first-order valence-electron chi connectivity index (χ1n) is 4.60. The fraction of sp³-hybridized carbons (Fsp3) is 0.700. The van der Waals surface area contributed by atoms with Crippen molar-refractivity contribution in [1.29, 1.82) is 0 Å². The fourth-order valence-electron chi connectivity index (χ4n) is 1.64. The van der Waals surface area contributed by atoms with E-state index in [-0.39, 0.29) is 5.91 Å². The van der Waals surface area contributed by atoms with Crippen molar-refractivity contribution in [2.75, 3.05) is 6.54 Å². The molecule has 0 spiro atoms. The summed E-state index contributed by atoms with van der Waals surface area (Å²) < 4.78 is 0. The van der Waals surface area contributed by atoms with Crippen molar-refractivity contribution in [3.05, 3.63) is 12.2 Å². The van der Waals surface area contributed by atoms with Crippen LogP contribution in [0.3, 0.4) is 0 Å². The Morgan fingerprint density at radius 2 is 2.17 bits per heavy atom. The first-order valence-corrected chi connectivity index (χ1v) is 4.60. The Morgan fingerprint density at radius 1 is 1.50 bits per heavy atom. The molecular weight excluding hydrogens is 150 g/mol. The molecule has 0 radical (unpaired) electrons. The number of allylic oxidation sites excluding steroid dienone is 1. The molecule has 0 saturated carbocycles. The molecule has 1 heterocycles. The summed E-state index contributed by atoms with van der Waals surface area (Å²) in [5.41, 5.74) is 0. The second-order valence-corrected chi connectivity index (χ2v) is 3.54. The molecule has 0 aromatic rings. The maximum atomic E-state index is 11.4. The number of nitrogens with zero attached hydrogens (tertiary/aromatic N) is 1. The largest absolute Gasteiger partial charge is 0.336 e. The van der Waals surface area contributed by atoms with Crippen LogP contribution in [0.4, 0.5) is 0 Å². The van der Waals surface area contributed by atoms with Crippen LogP contribution in [-0.2, 0) is 4.79 Å². The van der Waals surface area contributed by atoms with Crippen LogP contribution >= 0.6 is 0 Å². The molecule has 1 fully saturated rings. The van der Waals surface area contributed by atoms with Crippen molar-refractivity contribution in [3.8, 4) is 0 Å². The van der Waals surface area contributed by atoms with E-state index in [4.69, 9.17) is 0 Å². The van der Waals surface area contributed by atoms with E-state index < -0.39 is 0 Å². The van der Waals surface area contributed by atoms with Gasteiger partial charge in [0.15, 0.2) is 0 Å². The zero-order chi connectivity index (χ0) is 9.14. The fourth-order valence-corrected chi connectivity index (χ4v) is 1.64. The molecule has 0 aromatic carbocycles. The monoisotopic (exact) mass is 167 g/mol. The highest BCUT2D eigenvalue weighted by Crippen LogP contribution is 2.23. The predicted octanol–water partition coefficient (Wildman–Crippen LogP) is 1.82. The normalized spacial score (nSPS) is 30.1. The molecule has 1 amide bonds. The average Bonchev–Trinajstić information content (AvgIpc) is 2.34. The number of carbonyl (C=O) groups is 1. The third-order valence-corrected chi connectivity index (χ3v) is 2.73. The van der Waals surface area contributed by atoms with E-state index in [1.807, 2.05) is 11.8 Å². The molecule has 0 aromatic heterocycles. The molecule has 1 aliphatic heterocycles. The van der Waals surface area contributed by atoms with Gasteiger partial charge in [-0.2, -0.15) is 0 Å². The van der Waals surface area contributed by atoms with Gasteiger partial charge in [0.25, 0.3) is 0 Å². The highest BCUT2D eigenvalue weighted by Gasteiger charge is 2.29. The summed E-state index contributed by atoms with van der Waals surface area (Å²) in [7, 11) is 0. The standard InChI is InChI=1S/C10H17NO/c1-4-5-10(12)11-7-6-8(2)9(11)3/h4-5,8-9H,6-7H2,1-3H3/b5-4+. The van der Waals surface area contributed by atoms with Crippen LogP contribution in [0.5, 0.6) is 0 Å². The molecule has 1 saturated heterocycles. The Balaban J connectivity index is 2.59. The smallest absolute Gasteiger partial charge is 0.246 e. The van der Waals surface area contributed by atoms with Gasteiger partial charge >= 0.3 is 0 Å². The van der Waals surface area contributed by atoms with E-state index in [0.29, 0.717) is 12.0 Å². The van der Waals surface area contributed by atoms with E-state index >= 15 is 0 Å². The Hall–Kier alpha value is -0.790. The maximum Gasteiger partial charge on any atom is 0.246 e. The lowest BCUT2D eigenvalue weighted by Gasteiger charge is -2.21. The van der Waals surface area contributed by atoms with E-state index in [1.54, 1.807) is 12.2 Å². The molecule has 1 aliphatic rings. The minimum atomic E-state index is 0.161. The minimum Gasteiger partial charge on any atom is -0.336 e. The van der Waals surface area contributed by atoms with E-state index in [1.165, 1.54) is 0 Å². The van der Waals surface area contributed by atoms with Crippen molar-refractivity contribution in [2.24, 2.45) is 5.92 Å². The van der Waals surface area contributed by atoms with Gasteiger partial charge in [-0.3, -0.25) is 4.79 Å². The summed E-state index contributed by atoms with van der Waals surface area (Å²) in [6.45, 7) is 7.13.